The lowest BCUT2D eigenvalue weighted by molar-refractivity contribution is 0.215. The highest BCUT2D eigenvalue weighted by Gasteiger charge is 2.61. The molecule has 278 valence electrons. The van der Waals surface area contributed by atoms with E-state index in [1.807, 2.05) is 0 Å². The zero-order valence-electron chi connectivity index (χ0n) is 33.4. The Balaban J connectivity index is 1.22. The molecule has 0 aromatic heterocycles. The van der Waals surface area contributed by atoms with Crippen LogP contribution in [0.3, 0.4) is 0 Å². The van der Waals surface area contributed by atoms with Crippen LogP contribution in [0.15, 0.2) is 170 Å². The van der Waals surface area contributed by atoms with Gasteiger partial charge in [-0.15, -0.1) is 0 Å². The highest BCUT2D eigenvalue weighted by atomic mass is 15.3. The maximum atomic E-state index is 2.78. The summed E-state index contributed by atoms with van der Waals surface area (Å²) in [7, 11) is 0. The van der Waals surface area contributed by atoms with Crippen molar-refractivity contribution in [2.75, 3.05) is 14.7 Å². The van der Waals surface area contributed by atoms with Crippen LogP contribution < -0.4 is 31.1 Å². The molecule has 2 unspecified atom stereocenters. The Morgan fingerprint density at radius 1 is 0.491 bits per heavy atom. The molecule has 2 atom stereocenters. The van der Waals surface area contributed by atoms with Crippen LogP contribution in [0.1, 0.15) is 70.1 Å². The lowest BCUT2D eigenvalue weighted by Gasteiger charge is -2.53. The van der Waals surface area contributed by atoms with Crippen molar-refractivity contribution in [3.05, 3.63) is 187 Å². The number of hydrogen-bond acceptors (Lipinski definition) is 3. The van der Waals surface area contributed by atoms with Crippen molar-refractivity contribution in [2.45, 2.75) is 69.7 Å². The largest absolute Gasteiger partial charge is 0.334 e. The molecule has 1 aliphatic carbocycles. The van der Waals surface area contributed by atoms with Crippen LogP contribution in [0, 0.1) is 0 Å². The molecule has 3 heterocycles. The van der Waals surface area contributed by atoms with E-state index in [-0.39, 0.29) is 23.1 Å². The van der Waals surface area contributed by atoms with Crippen molar-refractivity contribution in [3.63, 3.8) is 0 Å². The Labute approximate surface area is 338 Å². The van der Waals surface area contributed by atoms with Crippen LogP contribution in [0.2, 0.25) is 0 Å². The SMILES string of the molecule is CC(C)(C)c1ccc(C23CCCCC2(C)N(c2cc4c5c(c2)N(c2ccccc2)c2ccccc2B5c2ccccc2N4c2ccccc2)c2ccccc23)cc1. The van der Waals surface area contributed by atoms with E-state index >= 15 is 0 Å². The fourth-order valence-corrected chi connectivity index (χ4v) is 11.4. The number of anilines is 8. The zero-order valence-corrected chi connectivity index (χ0v) is 33.4. The van der Waals surface area contributed by atoms with Crippen LogP contribution in [0.4, 0.5) is 45.5 Å². The highest BCUT2D eigenvalue weighted by molar-refractivity contribution is 7.00. The van der Waals surface area contributed by atoms with E-state index in [4.69, 9.17) is 0 Å². The summed E-state index contributed by atoms with van der Waals surface area (Å²) in [5.41, 5.74) is 17.9. The van der Waals surface area contributed by atoms with Gasteiger partial charge in [-0.25, -0.2) is 0 Å². The van der Waals surface area contributed by atoms with Crippen LogP contribution in [0.5, 0.6) is 0 Å². The first-order valence-electron chi connectivity index (χ1n) is 20.9. The summed E-state index contributed by atoms with van der Waals surface area (Å²) < 4.78 is 0. The fraction of sp³-hybridized carbons (Fsp3) is 0.208. The molecular formula is C53H48BN3. The molecule has 0 saturated heterocycles. The molecule has 0 spiro atoms. The van der Waals surface area contributed by atoms with Gasteiger partial charge in [-0.3, -0.25) is 0 Å². The third-order valence-corrected chi connectivity index (χ3v) is 13.9. The minimum absolute atomic E-state index is 0.0907. The predicted molar refractivity (Wildman–Crippen MR) is 242 cm³/mol. The first-order valence-corrected chi connectivity index (χ1v) is 20.9. The third kappa shape index (κ3) is 4.80. The highest BCUT2D eigenvalue weighted by Crippen LogP contribution is 2.64. The van der Waals surface area contributed by atoms with Crippen molar-refractivity contribution >= 4 is 68.6 Å². The van der Waals surface area contributed by atoms with Crippen LogP contribution >= 0.6 is 0 Å². The summed E-state index contributed by atoms with van der Waals surface area (Å²) in [6, 6.07) is 64.4. The number of fused-ring (bicyclic) bond motifs is 7. The minimum atomic E-state index is -0.202. The maximum Gasteiger partial charge on any atom is 0.252 e. The van der Waals surface area contributed by atoms with Gasteiger partial charge in [-0.05, 0) is 113 Å². The molecule has 4 heteroatoms. The van der Waals surface area contributed by atoms with Gasteiger partial charge < -0.3 is 14.7 Å². The van der Waals surface area contributed by atoms with Crippen molar-refractivity contribution in [2.24, 2.45) is 0 Å². The van der Waals surface area contributed by atoms with Gasteiger partial charge in [0.25, 0.3) is 6.71 Å². The van der Waals surface area contributed by atoms with E-state index in [0.717, 1.165) is 12.8 Å². The molecule has 3 aliphatic heterocycles. The van der Waals surface area contributed by atoms with Gasteiger partial charge in [0.15, 0.2) is 0 Å². The molecule has 11 rings (SSSR count). The molecule has 0 radical (unpaired) electrons. The average molecular weight is 738 g/mol. The second-order valence-corrected chi connectivity index (χ2v) is 17.9. The third-order valence-electron chi connectivity index (χ3n) is 13.9. The lowest BCUT2D eigenvalue weighted by Crippen LogP contribution is -2.61. The van der Waals surface area contributed by atoms with E-state index in [2.05, 4.69) is 212 Å². The van der Waals surface area contributed by atoms with E-state index in [9.17, 15) is 0 Å². The summed E-state index contributed by atoms with van der Waals surface area (Å²) >= 11 is 0. The number of nitrogens with zero attached hydrogens (tertiary/aromatic N) is 3. The normalized spacial score (nSPS) is 20.4. The number of para-hydroxylation sites is 5. The predicted octanol–water partition coefficient (Wildman–Crippen LogP) is 11.8. The number of hydrogen-bond donors (Lipinski definition) is 0. The second-order valence-electron chi connectivity index (χ2n) is 17.9. The van der Waals surface area contributed by atoms with E-state index in [1.165, 1.54) is 91.4 Å². The monoisotopic (exact) mass is 737 g/mol. The van der Waals surface area contributed by atoms with Gasteiger partial charge >= 0.3 is 0 Å². The average Bonchev–Trinajstić information content (AvgIpc) is 3.49. The Kier molecular flexibility index (Phi) is 7.52. The summed E-state index contributed by atoms with van der Waals surface area (Å²) in [5.74, 6) is 0. The van der Waals surface area contributed by atoms with Crippen molar-refractivity contribution in [1.29, 1.82) is 0 Å². The van der Waals surface area contributed by atoms with Crippen molar-refractivity contribution < 1.29 is 0 Å². The standard InChI is InChI=1S/C53H48BN3/c1-51(2,3)37-29-31-38(32-30-37)53-34-18-17-33-52(53,4)57(45-26-14-11-23-42(45)53)41-35-48-50-49(36-41)56(40-21-9-6-10-22-40)47-28-16-13-25-44(47)54(50)43-24-12-15-27-46(43)55(48)39-19-7-5-8-20-39/h5-16,19-32,35-36H,17-18,33-34H2,1-4H3. The number of rotatable bonds is 4. The molecular weight excluding hydrogens is 689 g/mol. The van der Waals surface area contributed by atoms with Crippen LogP contribution in [-0.2, 0) is 10.8 Å². The maximum absolute atomic E-state index is 2.78. The van der Waals surface area contributed by atoms with Crippen LogP contribution in [-0.4, -0.2) is 12.3 Å². The van der Waals surface area contributed by atoms with Crippen molar-refractivity contribution in [3.8, 4) is 0 Å². The van der Waals surface area contributed by atoms with Gasteiger partial charge in [0.05, 0.1) is 5.54 Å². The minimum Gasteiger partial charge on any atom is -0.334 e. The Hall–Kier alpha value is -6.00. The Bertz CT molecular complexity index is 2550. The van der Waals surface area contributed by atoms with E-state index in [1.54, 1.807) is 0 Å². The molecule has 4 aliphatic rings. The quantitative estimate of drug-likeness (QED) is 0.167. The second kappa shape index (κ2) is 12.5. The molecule has 1 fully saturated rings. The van der Waals surface area contributed by atoms with E-state index in [0.29, 0.717) is 0 Å². The van der Waals surface area contributed by atoms with Crippen LogP contribution in [0.25, 0.3) is 0 Å². The summed E-state index contributed by atoms with van der Waals surface area (Å²) in [6.07, 6.45) is 4.65. The summed E-state index contributed by atoms with van der Waals surface area (Å²) in [5, 5.41) is 0. The molecule has 7 aromatic rings. The van der Waals surface area contributed by atoms with E-state index < -0.39 is 0 Å². The van der Waals surface area contributed by atoms with Gasteiger partial charge in [0.2, 0.25) is 0 Å². The zero-order chi connectivity index (χ0) is 38.5. The van der Waals surface area contributed by atoms with Gasteiger partial charge in [-0.1, -0.05) is 149 Å². The van der Waals surface area contributed by atoms with Gasteiger partial charge in [0.1, 0.15) is 0 Å². The first kappa shape index (κ1) is 34.3. The molecule has 0 bridgehead atoms. The van der Waals surface area contributed by atoms with Gasteiger partial charge in [0, 0.05) is 50.9 Å². The lowest BCUT2D eigenvalue weighted by atomic mass is 9.33. The smallest absolute Gasteiger partial charge is 0.252 e. The molecule has 0 amide bonds. The summed E-state index contributed by atoms with van der Waals surface area (Å²) in [6.45, 7) is 9.62. The first-order chi connectivity index (χ1) is 27.8. The molecule has 7 aromatic carbocycles. The van der Waals surface area contributed by atoms with Crippen molar-refractivity contribution in [1.82, 2.24) is 0 Å². The molecule has 0 N–H and O–H groups in total. The summed E-state index contributed by atoms with van der Waals surface area (Å²) in [4.78, 5) is 7.85. The number of benzene rings is 7. The topological polar surface area (TPSA) is 9.72 Å². The fourth-order valence-electron chi connectivity index (χ4n) is 11.4. The molecule has 1 saturated carbocycles. The molecule has 3 nitrogen and oxygen atoms in total. The Morgan fingerprint density at radius 3 is 1.54 bits per heavy atom. The molecule has 57 heavy (non-hydrogen) atoms. The Morgan fingerprint density at radius 2 is 0.982 bits per heavy atom. The van der Waals surface area contributed by atoms with Gasteiger partial charge in [-0.2, -0.15) is 0 Å².